The first kappa shape index (κ1) is 10.9. The summed E-state index contributed by atoms with van der Waals surface area (Å²) in [4.78, 5) is 0. The summed E-state index contributed by atoms with van der Waals surface area (Å²) in [6.45, 7) is 5.95. The number of ether oxygens (including phenoxy) is 1. The third-order valence-corrected chi connectivity index (χ3v) is 0.431. The maximum absolute atomic E-state index is 10.7. The van der Waals surface area contributed by atoms with Crippen molar-refractivity contribution in [1.82, 2.24) is 0 Å². The zero-order valence-corrected chi connectivity index (χ0v) is 5.78. The maximum atomic E-state index is 10.7. The van der Waals surface area contributed by atoms with E-state index in [1.807, 2.05) is 13.8 Å². The first-order valence-electron chi connectivity index (χ1n) is 2.45. The Kier molecular flexibility index (Phi) is 19.1. The summed E-state index contributed by atoms with van der Waals surface area (Å²) in [5.74, 6) is 5.36. The van der Waals surface area contributed by atoms with Crippen molar-refractivity contribution in [1.29, 1.82) is 0 Å². The Bertz CT molecular complexity index is 93.2. The summed E-state index contributed by atoms with van der Waals surface area (Å²) in [5, 5.41) is 0. The molecule has 0 aromatic heterocycles. The molecule has 0 saturated heterocycles. The average Bonchev–Trinajstić information content (AvgIpc) is 1.91. The van der Waals surface area contributed by atoms with Crippen LogP contribution >= 0.6 is 0 Å². The highest BCUT2D eigenvalue weighted by Gasteiger charge is 1.59. The van der Waals surface area contributed by atoms with Gasteiger partial charge in [-0.1, -0.05) is 6.58 Å². The van der Waals surface area contributed by atoms with Crippen molar-refractivity contribution in [3.05, 3.63) is 12.8 Å². The lowest BCUT2D eigenvalue weighted by atomic mass is 10.7. The number of alkyl halides is 1. The van der Waals surface area contributed by atoms with Gasteiger partial charge in [-0.2, -0.15) is 0 Å². The predicted molar refractivity (Wildman–Crippen MR) is 36.4 cm³/mol. The van der Waals surface area contributed by atoms with Crippen molar-refractivity contribution in [2.75, 3.05) is 6.86 Å². The van der Waals surface area contributed by atoms with Crippen LogP contribution in [0.5, 0.6) is 0 Å². The van der Waals surface area contributed by atoms with E-state index in [4.69, 9.17) is 0 Å². The van der Waals surface area contributed by atoms with Crippen LogP contribution < -0.4 is 0 Å². The molecule has 0 aliphatic heterocycles. The molecule has 0 aliphatic rings. The van der Waals surface area contributed by atoms with Crippen molar-refractivity contribution in [2.45, 2.75) is 13.8 Å². The molecule has 0 spiro atoms. The molecular formula is C7H11FO. The molecule has 0 radical (unpaired) electrons. The van der Waals surface area contributed by atoms with E-state index in [9.17, 15) is 4.39 Å². The fourth-order valence-corrected chi connectivity index (χ4v) is 0.0445. The zero-order chi connectivity index (χ0) is 7.54. The highest BCUT2D eigenvalue weighted by atomic mass is 19.1. The van der Waals surface area contributed by atoms with E-state index in [0.29, 0.717) is 0 Å². The van der Waals surface area contributed by atoms with E-state index in [0.717, 1.165) is 6.26 Å². The van der Waals surface area contributed by atoms with Gasteiger partial charge in [-0.3, -0.25) is 0 Å². The molecule has 0 rings (SSSR count). The van der Waals surface area contributed by atoms with Crippen LogP contribution in [-0.4, -0.2) is 6.86 Å². The molecule has 0 bridgehead atoms. The molecule has 0 aliphatic carbocycles. The lowest BCUT2D eigenvalue weighted by Crippen LogP contribution is -1.69. The second kappa shape index (κ2) is 15.7. The van der Waals surface area contributed by atoms with E-state index >= 15 is 0 Å². The summed E-state index contributed by atoms with van der Waals surface area (Å²) in [7, 11) is 0. The second-order valence-electron chi connectivity index (χ2n) is 0.942. The Hall–Kier alpha value is -0.970. The molecule has 52 valence electrons. The Morgan fingerprint density at radius 1 is 1.56 bits per heavy atom. The molecule has 0 fully saturated rings. The Morgan fingerprint density at radius 2 is 2.00 bits per heavy atom. The minimum Gasteiger partial charge on any atom is -0.471 e. The summed E-state index contributed by atoms with van der Waals surface area (Å²) >= 11 is 0. The van der Waals surface area contributed by atoms with Crippen molar-refractivity contribution >= 4 is 0 Å². The third kappa shape index (κ3) is 43.2. The molecule has 0 aromatic carbocycles. The topological polar surface area (TPSA) is 9.23 Å². The van der Waals surface area contributed by atoms with Crippen LogP contribution in [0, 0.1) is 11.8 Å². The number of rotatable bonds is 2. The van der Waals surface area contributed by atoms with Crippen molar-refractivity contribution in [3.63, 3.8) is 0 Å². The van der Waals surface area contributed by atoms with Crippen LogP contribution in [0.15, 0.2) is 12.8 Å². The SMILES string of the molecule is C=COCF.CC#CC. The van der Waals surface area contributed by atoms with E-state index in [2.05, 4.69) is 23.2 Å². The highest BCUT2D eigenvalue weighted by molar-refractivity contribution is 4.89. The van der Waals surface area contributed by atoms with Crippen LogP contribution in [-0.2, 0) is 4.74 Å². The molecule has 1 nitrogen and oxygen atoms in total. The lowest BCUT2D eigenvalue weighted by molar-refractivity contribution is 0.142. The van der Waals surface area contributed by atoms with Crippen LogP contribution in [0.25, 0.3) is 0 Å². The highest BCUT2D eigenvalue weighted by Crippen LogP contribution is 1.68. The summed E-state index contributed by atoms with van der Waals surface area (Å²) in [6.07, 6.45) is 1.06. The van der Waals surface area contributed by atoms with E-state index in [1.54, 1.807) is 0 Å². The molecule has 9 heavy (non-hydrogen) atoms. The van der Waals surface area contributed by atoms with Crippen LogP contribution in [0.3, 0.4) is 0 Å². The molecule has 0 aromatic rings. The smallest absolute Gasteiger partial charge is 0.227 e. The number of halogens is 1. The minimum atomic E-state index is -0.774. The normalized spacial score (nSPS) is 5.22. The Labute approximate surface area is 55.5 Å². The molecule has 0 unspecified atom stereocenters. The third-order valence-electron chi connectivity index (χ3n) is 0.431. The van der Waals surface area contributed by atoms with E-state index in [-0.39, 0.29) is 0 Å². The van der Waals surface area contributed by atoms with Gasteiger partial charge in [0.25, 0.3) is 0 Å². The van der Waals surface area contributed by atoms with Gasteiger partial charge in [0.1, 0.15) is 0 Å². The molecule has 0 amide bonds. The summed E-state index contributed by atoms with van der Waals surface area (Å²) in [6, 6.07) is 0. The van der Waals surface area contributed by atoms with Crippen LogP contribution in [0.2, 0.25) is 0 Å². The van der Waals surface area contributed by atoms with Gasteiger partial charge < -0.3 is 4.74 Å². The van der Waals surface area contributed by atoms with Gasteiger partial charge in [-0.05, 0) is 13.8 Å². The molecule has 0 heterocycles. The minimum absolute atomic E-state index is 0.774. The predicted octanol–water partition coefficient (Wildman–Crippen LogP) is 2.10. The standard InChI is InChI=1S/C4H6.C3H5FO/c1-3-4-2;1-2-5-3-4/h1-2H3;2H,1,3H2. The monoisotopic (exact) mass is 130 g/mol. The number of hydrogen-bond acceptors (Lipinski definition) is 1. The van der Waals surface area contributed by atoms with Crippen molar-refractivity contribution in [2.24, 2.45) is 0 Å². The lowest BCUT2D eigenvalue weighted by Gasteiger charge is -1.81. The molecule has 0 atom stereocenters. The van der Waals surface area contributed by atoms with Gasteiger partial charge >= 0.3 is 0 Å². The maximum Gasteiger partial charge on any atom is 0.227 e. The average molecular weight is 130 g/mol. The van der Waals surface area contributed by atoms with Gasteiger partial charge in [0, 0.05) is 0 Å². The van der Waals surface area contributed by atoms with Gasteiger partial charge in [-0.25, -0.2) is 4.39 Å². The van der Waals surface area contributed by atoms with Gasteiger partial charge in [-0.15, -0.1) is 11.8 Å². The van der Waals surface area contributed by atoms with Gasteiger partial charge in [0.05, 0.1) is 6.26 Å². The first-order valence-corrected chi connectivity index (χ1v) is 2.45. The Morgan fingerprint density at radius 3 is 2.00 bits per heavy atom. The van der Waals surface area contributed by atoms with E-state index < -0.39 is 6.86 Å². The first-order chi connectivity index (χ1) is 4.33. The second-order valence-corrected chi connectivity index (χ2v) is 0.942. The van der Waals surface area contributed by atoms with Crippen molar-refractivity contribution in [3.8, 4) is 11.8 Å². The zero-order valence-electron chi connectivity index (χ0n) is 5.78. The van der Waals surface area contributed by atoms with Crippen LogP contribution in [0.1, 0.15) is 13.8 Å². The fraction of sp³-hybridized carbons (Fsp3) is 0.429. The van der Waals surface area contributed by atoms with Gasteiger partial charge in [0.2, 0.25) is 6.86 Å². The quantitative estimate of drug-likeness (QED) is 0.411. The van der Waals surface area contributed by atoms with Crippen LogP contribution in [0.4, 0.5) is 4.39 Å². The molecule has 2 heteroatoms. The largest absolute Gasteiger partial charge is 0.471 e. The Balaban J connectivity index is 0. The summed E-state index contributed by atoms with van der Waals surface area (Å²) in [5.41, 5.74) is 0. The number of hydrogen-bond donors (Lipinski definition) is 0. The molecule has 0 N–H and O–H groups in total. The molecule has 0 saturated carbocycles. The van der Waals surface area contributed by atoms with Gasteiger partial charge in [0.15, 0.2) is 0 Å². The summed E-state index contributed by atoms with van der Waals surface area (Å²) < 4.78 is 14.6. The van der Waals surface area contributed by atoms with E-state index in [1.165, 1.54) is 0 Å². The molecular weight excluding hydrogens is 119 g/mol. The fourth-order valence-electron chi connectivity index (χ4n) is 0.0445. The van der Waals surface area contributed by atoms with Crippen molar-refractivity contribution < 1.29 is 9.13 Å².